The zero-order chi connectivity index (χ0) is 20.1. The van der Waals surface area contributed by atoms with Crippen LogP contribution in [0, 0.1) is 0 Å². The van der Waals surface area contributed by atoms with Crippen molar-refractivity contribution in [2.75, 3.05) is 32.8 Å². The number of nitrogens with zero attached hydrogens (tertiary/aromatic N) is 3. The van der Waals surface area contributed by atoms with Crippen molar-refractivity contribution in [3.63, 3.8) is 0 Å². The molecule has 1 saturated heterocycles. The first-order valence-electron chi connectivity index (χ1n) is 10.1. The van der Waals surface area contributed by atoms with E-state index in [1.165, 1.54) is 0 Å². The molecule has 1 unspecified atom stereocenters. The largest absolute Gasteiger partial charge is 0.379 e. The molecule has 6 nitrogen and oxygen atoms in total. The number of aliphatic imine (C=N–C) groups is 2. The summed E-state index contributed by atoms with van der Waals surface area (Å²) >= 11 is 0. The number of carbonyl (C=O) groups excluding carboxylic acids is 1. The summed E-state index contributed by atoms with van der Waals surface area (Å²) in [5, 5.41) is 3.11. The molecule has 0 aromatic heterocycles. The van der Waals surface area contributed by atoms with Gasteiger partial charge < -0.3 is 10.1 Å². The number of rotatable bonds is 4. The number of para-hydroxylation sites is 2. The molecule has 0 aliphatic carbocycles. The number of morpholine rings is 1. The highest BCUT2D eigenvalue weighted by Gasteiger charge is 2.28. The summed E-state index contributed by atoms with van der Waals surface area (Å²) in [5.41, 5.74) is 3.68. The Morgan fingerprint density at radius 1 is 1.03 bits per heavy atom. The fraction of sp³-hybridized carbons (Fsp3) is 0.348. The van der Waals surface area contributed by atoms with Crippen LogP contribution in [0.1, 0.15) is 24.8 Å². The van der Waals surface area contributed by atoms with Crippen LogP contribution in [0.5, 0.6) is 0 Å². The lowest BCUT2D eigenvalue weighted by molar-refractivity contribution is -0.121. The zero-order valence-corrected chi connectivity index (χ0v) is 16.7. The number of carbonyl (C=O) groups is 1. The summed E-state index contributed by atoms with van der Waals surface area (Å²) in [6.07, 6.45) is 0.770. The van der Waals surface area contributed by atoms with Gasteiger partial charge in [0.25, 0.3) is 0 Å². The lowest BCUT2D eigenvalue weighted by Crippen LogP contribution is -2.46. The second kappa shape index (κ2) is 9.11. The molecule has 2 aromatic carbocycles. The summed E-state index contributed by atoms with van der Waals surface area (Å²) in [6.45, 7) is 5.31. The SMILES string of the molecule is CCC1=Nc2ccccc2N=C(NC(=O)CN2CCOCC2)C1c1ccccc1. The normalized spacial score (nSPS) is 19.6. The van der Waals surface area contributed by atoms with E-state index in [0.717, 1.165) is 42.2 Å². The summed E-state index contributed by atoms with van der Waals surface area (Å²) in [5.74, 6) is 0.406. The van der Waals surface area contributed by atoms with Crippen molar-refractivity contribution < 1.29 is 9.53 Å². The Morgan fingerprint density at radius 2 is 1.69 bits per heavy atom. The molecule has 29 heavy (non-hydrogen) atoms. The molecular weight excluding hydrogens is 364 g/mol. The van der Waals surface area contributed by atoms with Crippen LogP contribution in [0.4, 0.5) is 11.4 Å². The van der Waals surface area contributed by atoms with E-state index in [1.54, 1.807) is 0 Å². The number of fused-ring (bicyclic) bond motifs is 1. The highest BCUT2D eigenvalue weighted by Crippen LogP contribution is 2.34. The fourth-order valence-electron chi connectivity index (χ4n) is 3.75. The zero-order valence-electron chi connectivity index (χ0n) is 16.7. The van der Waals surface area contributed by atoms with Crippen LogP contribution >= 0.6 is 0 Å². The number of amidine groups is 1. The van der Waals surface area contributed by atoms with Crippen LogP contribution in [0.15, 0.2) is 64.6 Å². The van der Waals surface area contributed by atoms with Crippen molar-refractivity contribution in [1.29, 1.82) is 0 Å². The molecule has 2 aromatic rings. The molecule has 0 spiro atoms. The Morgan fingerprint density at radius 3 is 2.38 bits per heavy atom. The van der Waals surface area contributed by atoms with Crippen molar-refractivity contribution in [2.45, 2.75) is 19.3 Å². The molecule has 1 atom stereocenters. The molecule has 0 bridgehead atoms. The molecule has 1 fully saturated rings. The number of benzene rings is 2. The first-order valence-corrected chi connectivity index (χ1v) is 10.1. The number of nitrogens with one attached hydrogen (secondary N) is 1. The predicted octanol–water partition coefficient (Wildman–Crippen LogP) is 3.44. The minimum Gasteiger partial charge on any atom is -0.379 e. The van der Waals surface area contributed by atoms with Crippen molar-refractivity contribution >= 4 is 28.8 Å². The Hall–Kier alpha value is -2.83. The van der Waals surface area contributed by atoms with Gasteiger partial charge in [-0.2, -0.15) is 0 Å². The van der Waals surface area contributed by atoms with Crippen LogP contribution in [0.3, 0.4) is 0 Å². The first kappa shape index (κ1) is 19.5. The second-order valence-electron chi connectivity index (χ2n) is 7.22. The molecule has 1 N–H and O–H groups in total. The number of ether oxygens (including phenoxy) is 1. The van der Waals surface area contributed by atoms with E-state index in [1.807, 2.05) is 42.5 Å². The maximum absolute atomic E-state index is 12.9. The maximum Gasteiger partial charge on any atom is 0.239 e. The molecule has 2 aliphatic heterocycles. The van der Waals surface area contributed by atoms with E-state index < -0.39 is 0 Å². The van der Waals surface area contributed by atoms with E-state index in [2.05, 4.69) is 29.3 Å². The fourth-order valence-corrected chi connectivity index (χ4v) is 3.75. The van der Waals surface area contributed by atoms with Crippen LogP contribution in [-0.4, -0.2) is 55.2 Å². The van der Waals surface area contributed by atoms with Crippen molar-refractivity contribution in [1.82, 2.24) is 10.2 Å². The maximum atomic E-state index is 12.9. The Kier molecular flexibility index (Phi) is 6.12. The van der Waals surface area contributed by atoms with Gasteiger partial charge in [0.1, 0.15) is 5.84 Å². The Balaban J connectivity index is 1.68. The van der Waals surface area contributed by atoms with Gasteiger partial charge in [-0.3, -0.25) is 14.7 Å². The van der Waals surface area contributed by atoms with E-state index in [9.17, 15) is 4.79 Å². The smallest absolute Gasteiger partial charge is 0.239 e. The number of hydrogen-bond donors (Lipinski definition) is 1. The highest BCUT2D eigenvalue weighted by molar-refractivity contribution is 6.17. The molecule has 6 heteroatoms. The third-order valence-corrected chi connectivity index (χ3v) is 5.23. The summed E-state index contributed by atoms with van der Waals surface area (Å²) < 4.78 is 5.38. The number of hydrogen-bond acceptors (Lipinski definition) is 5. The molecule has 1 amide bonds. The van der Waals surface area contributed by atoms with Crippen LogP contribution < -0.4 is 5.32 Å². The van der Waals surface area contributed by atoms with Crippen molar-refractivity contribution in [3.05, 3.63) is 60.2 Å². The quantitative estimate of drug-likeness (QED) is 0.870. The van der Waals surface area contributed by atoms with Gasteiger partial charge in [-0.1, -0.05) is 49.4 Å². The molecule has 0 saturated carbocycles. The van der Waals surface area contributed by atoms with Crippen LogP contribution in [-0.2, 0) is 9.53 Å². The molecule has 0 radical (unpaired) electrons. The van der Waals surface area contributed by atoms with E-state index in [0.29, 0.717) is 25.6 Å². The first-order chi connectivity index (χ1) is 14.2. The van der Waals surface area contributed by atoms with Crippen LogP contribution in [0.2, 0.25) is 0 Å². The summed E-state index contributed by atoms with van der Waals surface area (Å²) in [6, 6.07) is 17.9. The Labute approximate surface area is 171 Å². The highest BCUT2D eigenvalue weighted by atomic mass is 16.5. The van der Waals surface area contributed by atoms with E-state index in [-0.39, 0.29) is 11.8 Å². The van der Waals surface area contributed by atoms with Gasteiger partial charge in [-0.05, 0) is 24.1 Å². The monoisotopic (exact) mass is 390 g/mol. The molecule has 2 aliphatic rings. The summed E-state index contributed by atoms with van der Waals surface area (Å²) in [4.78, 5) is 24.7. The van der Waals surface area contributed by atoms with Crippen molar-refractivity contribution in [3.8, 4) is 0 Å². The van der Waals surface area contributed by atoms with Gasteiger partial charge in [0.05, 0.1) is 37.1 Å². The van der Waals surface area contributed by atoms with Crippen molar-refractivity contribution in [2.24, 2.45) is 9.98 Å². The number of amides is 1. The topological polar surface area (TPSA) is 66.3 Å². The van der Waals surface area contributed by atoms with Gasteiger partial charge in [0, 0.05) is 18.8 Å². The third-order valence-electron chi connectivity index (χ3n) is 5.23. The predicted molar refractivity (Wildman–Crippen MR) is 116 cm³/mol. The van der Waals surface area contributed by atoms with Gasteiger partial charge in [-0.15, -0.1) is 0 Å². The van der Waals surface area contributed by atoms with E-state index in [4.69, 9.17) is 14.7 Å². The minimum atomic E-state index is -0.178. The lowest BCUT2D eigenvalue weighted by Gasteiger charge is -2.26. The van der Waals surface area contributed by atoms with Gasteiger partial charge in [-0.25, -0.2) is 4.99 Å². The lowest BCUT2D eigenvalue weighted by atomic mass is 9.91. The average Bonchev–Trinajstić information content (AvgIpc) is 2.91. The second-order valence-corrected chi connectivity index (χ2v) is 7.22. The standard InChI is InChI=1S/C23H26N4O2/c1-2-18-22(17-8-4-3-5-9-17)23(25-20-11-7-6-10-19(20)24-18)26-21(28)16-27-12-14-29-15-13-27/h3-11,22H,2,12-16H2,1H3,(H,25,26,28). The van der Waals surface area contributed by atoms with Gasteiger partial charge in [0.15, 0.2) is 0 Å². The Bertz CT molecular complexity index is 917. The molecular formula is C23H26N4O2. The molecule has 150 valence electrons. The van der Waals surface area contributed by atoms with Crippen LogP contribution in [0.25, 0.3) is 0 Å². The molecule has 4 rings (SSSR count). The summed E-state index contributed by atoms with van der Waals surface area (Å²) in [7, 11) is 0. The molecule has 2 heterocycles. The minimum absolute atomic E-state index is 0.0542. The third kappa shape index (κ3) is 4.60. The van der Waals surface area contributed by atoms with Gasteiger partial charge in [0.2, 0.25) is 5.91 Å². The average molecular weight is 390 g/mol. The van der Waals surface area contributed by atoms with Gasteiger partial charge >= 0.3 is 0 Å². The van der Waals surface area contributed by atoms with E-state index >= 15 is 0 Å².